The lowest BCUT2D eigenvalue weighted by Gasteiger charge is -2.24. The number of anilines is 1. The third-order valence-corrected chi connectivity index (χ3v) is 6.37. The van der Waals surface area contributed by atoms with Gasteiger partial charge in [-0.2, -0.15) is 0 Å². The molecule has 2 aromatic rings. The molecule has 0 bridgehead atoms. The maximum atomic E-state index is 12.9. The Morgan fingerprint density at radius 3 is 2.71 bits per heavy atom. The Morgan fingerprint density at radius 2 is 2.04 bits per heavy atom. The van der Waals surface area contributed by atoms with Gasteiger partial charge < -0.3 is 5.32 Å². The number of nitrogens with zero attached hydrogens (tertiary/aromatic N) is 2. The van der Waals surface area contributed by atoms with E-state index in [-0.39, 0.29) is 23.7 Å². The van der Waals surface area contributed by atoms with Crippen LogP contribution in [0.3, 0.4) is 0 Å². The van der Waals surface area contributed by atoms with E-state index in [1.165, 1.54) is 11.3 Å². The van der Waals surface area contributed by atoms with Crippen LogP contribution < -0.4 is 10.6 Å². The number of rotatable bonds is 7. The van der Waals surface area contributed by atoms with Crippen LogP contribution in [0.1, 0.15) is 46.0 Å². The SMILES string of the molecule is CC[C@H](C)[C@@H](NC(=O)C1CCCC1)C(=O)Nc1nnc(-c2cccc(Cl)c2)s1. The summed E-state index contributed by atoms with van der Waals surface area (Å²) in [6.07, 6.45) is 4.75. The van der Waals surface area contributed by atoms with Crippen LogP contribution in [-0.4, -0.2) is 28.1 Å². The molecule has 3 rings (SSSR count). The molecule has 2 amide bonds. The van der Waals surface area contributed by atoms with E-state index in [0.29, 0.717) is 15.2 Å². The van der Waals surface area contributed by atoms with Crippen molar-refractivity contribution < 1.29 is 9.59 Å². The first-order valence-electron chi connectivity index (χ1n) is 9.68. The molecule has 2 atom stereocenters. The van der Waals surface area contributed by atoms with Gasteiger partial charge in [-0.25, -0.2) is 0 Å². The van der Waals surface area contributed by atoms with Crippen molar-refractivity contribution in [3.05, 3.63) is 29.3 Å². The summed E-state index contributed by atoms with van der Waals surface area (Å²) in [6, 6.07) is 6.74. The van der Waals surface area contributed by atoms with Gasteiger partial charge in [0.15, 0.2) is 0 Å². The average molecular weight is 421 g/mol. The van der Waals surface area contributed by atoms with Crippen molar-refractivity contribution in [2.24, 2.45) is 11.8 Å². The molecule has 0 saturated heterocycles. The highest BCUT2D eigenvalue weighted by Crippen LogP contribution is 2.29. The van der Waals surface area contributed by atoms with Crippen LogP contribution in [-0.2, 0) is 9.59 Å². The molecule has 0 aliphatic heterocycles. The van der Waals surface area contributed by atoms with Gasteiger partial charge in [-0.1, -0.05) is 68.2 Å². The molecule has 28 heavy (non-hydrogen) atoms. The second-order valence-corrected chi connectivity index (χ2v) is 8.68. The van der Waals surface area contributed by atoms with E-state index in [0.717, 1.165) is 37.7 Å². The van der Waals surface area contributed by atoms with Crippen LogP contribution in [0.25, 0.3) is 10.6 Å². The first-order chi connectivity index (χ1) is 13.5. The van der Waals surface area contributed by atoms with Gasteiger partial charge in [0.1, 0.15) is 11.0 Å². The number of nitrogens with one attached hydrogen (secondary N) is 2. The largest absolute Gasteiger partial charge is 0.344 e. The minimum Gasteiger partial charge on any atom is -0.344 e. The summed E-state index contributed by atoms with van der Waals surface area (Å²) in [5, 5.41) is 15.7. The Labute approximate surface area is 174 Å². The molecule has 0 radical (unpaired) electrons. The fraction of sp³-hybridized carbons (Fsp3) is 0.500. The van der Waals surface area contributed by atoms with Gasteiger partial charge in [0, 0.05) is 16.5 Å². The Balaban J connectivity index is 1.68. The predicted molar refractivity (Wildman–Crippen MR) is 112 cm³/mol. The van der Waals surface area contributed by atoms with Gasteiger partial charge >= 0.3 is 0 Å². The van der Waals surface area contributed by atoms with Crippen molar-refractivity contribution in [1.82, 2.24) is 15.5 Å². The molecule has 6 nitrogen and oxygen atoms in total. The number of hydrogen-bond donors (Lipinski definition) is 2. The Bertz CT molecular complexity index is 835. The van der Waals surface area contributed by atoms with E-state index in [1.54, 1.807) is 12.1 Å². The molecule has 1 aromatic heterocycles. The summed E-state index contributed by atoms with van der Waals surface area (Å²) >= 11 is 7.31. The maximum absolute atomic E-state index is 12.9. The summed E-state index contributed by atoms with van der Waals surface area (Å²) in [5.74, 6) is -0.231. The van der Waals surface area contributed by atoms with E-state index in [2.05, 4.69) is 20.8 Å². The summed E-state index contributed by atoms with van der Waals surface area (Å²) in [5.41, 5.74) is 0.846. The fourth-order valence-electron chi connectivity index (χ4n) is 3.36. The summed E-state index contributed by atoms with van der Waals surface area (Å²) in [4.78, 5) is 25.4. The number of benzene rings is 1. The van der Waals surface area contributed by atoms with Crippen molar-refractivity contribution in [2.45, 2.75) is 52.0 Å². The van der Waals surface area contributed by atoms with Crippen LogP contribution >= 0.6 is 22.9 Å². The monoisotopic (exact) mass is 420 g/mol. The lowest BCUT2D eigenvalue weighted by Crippen LogP contribution is -2.49. The number of aromatic nitrogens is 2. The number of amides is 2. The van der Waals surface area contributed by atoms with Crippen molar-refractivity contribution in [2.75, 3.05) is 5.32 Å². The zero-order valence-corrected chi connectivity index (χ0v) is 17.6. The second kappa shape index (κ2) is 9.47. The van der Waals surface area contributed by atoms with E-state index in [4.69, 9.17) is 11.6 Å². The molecule has 0 unspecified atom stereocenters. The van der Waals surface area contributed by atoms with Crippen LogP contribution in [0.4, 0.5) is 5.13 Å². The molecule has 1 aliphatic carbocycles. The van der Waals surface area contributed by atoms with Gasteiger partial charge in [-0.3, -0.25) is 14.9 Å². The second-order valence-electron chi connectivity index (χ2n) is 7.27. The molecule has 8 heteroatoms. The standard InChI is InChI=1S/C20H25ClN4O2S/c1-3-12(2)16(22-17(26)13-7-4-5-8-13)18(27)23-20-25-24-19(28-20)14-9-6-10-15(21)11-14/h6,9-13,16H,3-5,7-8H2,1-2H3,(H,22,26)(H,23,25,27)/t12-,16+/m0/s1. The van der Waals surface area contributed by atoms with Crippen LogP contribution in [0.15, 0.2) is 24.3 Å². The third-order valence-electron chi connectivity index (χ3n) is 5.25. The van der Waals surface area contributed by atoms with Crippen LogP contribution in [0.5, 0.6) is 0 Å². The molecule has 150 valence electrons. The molecule has 0 spiro atoms. The molecule has 2 N–H and O–H groups in total. The lowest BCUT2D eigenvalue weighted by atomic mass is 9.97. The maximum Gasteiger partial charge on any atom is 0.249 e. The molecule has 1 aliphatic rings. The number of carbonyl (C=O) groups excluding carboxylic acids is 2. The quantitative estimate of drug-likeness (QED) is 0.689. The smallest absolute Gasteiger partial charge is 0.249 e. The third kappa shape index (κ3) is 5.08. The summed E-state index contributed by atoms with van der Waals surface area (Å²) in [6.45, 7) is 3.98. The molecule has 1 fully saturated rings. The minimum absolute atomic E-state index is 0.0187. The number of hydrogen-bond acceptors (Lipinski definition) is 5. The molecule has 1 saturated carbocycles. The Hall–Kier alpha value is -1.99. The zero-order chi connectivity index (χ0) is 20.1. The summed E-state index contributed by atoms with van der Waals surface area (Å²) < 4.78 is 0. The van der Waals surface area contributed by atoms with Crippen molar-refractivity contribution in [3.8, 4) is 10.6 Å². The number of carbonyl (C=O) groups is 2. The van der Waals surface area contributed by atoms with Crippen molar-refractivity contribution in [3.63, 3.8) is 0 Å². The van der Waals surface area contributed by atoms with E-state index in [9.17, 15) is 9.59 Å². The highest BCUT2D eigenvalue weighted by atomic mass is 35.5. The van der Waals surface area contributed by atoms with Crippen LogP contribution in [0, 0.1) is 11.8 Å². The summed E-state index contributed by atoms with van der Waals surface area (Å²) in [7, 11) is 0. The normalized spacial score (nSPS) is 16.5. The van der Waals surface area contributed by atoms with E-state index >= 15 is 0 Å². The molecule has 1 aromatic carbocycles. The molecular weight excluding hydrogens is 396 g/mol. The zero-order valence-electron chi connectivity index (χ0n) is 16.1. The first-order valence-corrected chi connectivity index (χ1v) is 10.9. The van der Waals surface area contributed by atoms with Gasteiger partial charge in [-0.15, -0.1) is 10.2 Å². The van der Waals surface area contributed by atoms with Gasteiger partial charge in [-0.05, 0) is 30.9 Å². The highest BCUT2D eigenvalue weighted by Gasteiger charge is 2.30. The minimum atomic E-state index is -0.586. The Kier molecular flexibility index (Phi) is 7.02. The average Bonchev–Trinajstić information content (AvgIpc) is 3.37. The predicted octanol–water partition coefficient (Wildman–Crippen LogP) is 4.52. The van der Waals surface area contributed by atoms with Crippen molar-refractivity contribution >= 4 is 39.9 Å². The first kappa shape index (κ1) is 20.7. The van der Waals surface area contributed by atoms with Crippen molar-refractivity contribution in [1.29, 1.82) is 0 Å². The molecular formula is C20H25ClN4O2S. The number of halogens is 1. The Morgan fingerprint density at radius 1 is 1.29 bits per heavy atom. The fourth-order valence-corrected chi connectivity index (χ4v) is 4.29. The van der Waals surface area contributed by atoms with E-state index < -0.39 is 6.04 Å². The molecule has 1 heterocycles. The van der Waals surface area contributed by atoms with Gasteiger partial charge in [0.2, 0.25) is 16.9 Å². The van der Waals surface area contributed by atoms with Crippen LogP contribution in [0.2, 0.25) is 5.02 Å². The highest BCUT2D eigenvalue weighted by molar-refractivity contribution is 7.18. The van der Waals surface area contributed by atoms with Gasteiger partial charge in [0.05, 0.1) is 0 Å². The lowest BCUT2D eigenvalue weighted by molar-refractivity contribution is -0.130. The van der Waals surface area contributed by atoms with Gasteiger partial charge in [0.25, 0.3) is 0 Å². The van der Waals surface area contributed by atoms with E-state index in [1.807, 2.05) is 26.0 Å². The topological polar surface area (TPSA) is 84.0 Å².